The van der Waals surface area contributed by atoms with Crippen LogP contribution in [-0.2, 0) is 17.8 Å². The SMILES string of the molecule is C=C/C(=C\C)COc1cc(CNC)nn1CC1OC2CCC1CC2. The molecular formula is C19H29N3O2. The third kappa shape index (κ3) is 3.90. The topological polar surface area (TPSA) is 48.3 Å². The van der Waals surface area contributed by atoms with Crippen LogP contribution >= 0.6 is 0 Å². The van der Waals surface area contributed by atoms with Crippen molar-refractivity contribution in [2.24, 2.45) is 5.92 Å². The molecule has 2 aliphatic heterocycles. The third-order valence-corrected chi connectivity index (χ3v) is 5.14. The monoisotopic (exact) mass is 331 g/mol. The Labute approximate surface area is 144 Å². The lowest BCUT2D eigenvalue weighted by Gasteiger charge is -2.42. The van der Waals surface area contributed by atoms with Gasteiger partial charge in [-0.15, -0.1) is 0 Å². The zero-order valence-electron chi connectivity index (χ0n) is 14.8. The van der Waals surface area contributed by atoms with Crippen LogP contribution in [0.15, 0.2) is 30.4 Å². The molecule has 24 heavy (non-hydrogen) atoms. The smallest absolute Gasteiger partial charge is 0.212 e. The van der Waals surface area contributed by atoms with E-state index in [0.29, 0.717) is 18.6 Å². The maximum absolute atomic E-state index is 6.22. The Morgan fingerprint density at radius 3 is 2.83 bits per heavy atom. The van der Waals surface area contributed by atoms with E-state index in [0.717, 1.165) is 30.2 Å². The summed E-state index contributed by atoms with van der Waals surface area (Å²) in [4.78, 5) is 0. The third-order valence-electron chi connectivity index (χ3n) is 5.14. The number of nitrogens with one attached hydrogen (secondary N) is 1. The minimum Gasteiger partial charge on any atom is -0.473 e. The van der Waals surface area contributed by atoms with E-state index in [4.69, 9.17) is 14.6 Å². The summed E-state index contributed by atoms with van der Waals surface area (Å²) >= 11 is 0. The predicted molar refractivity (Wildman–Crippen MR) is 95.1 cm³/mol. The average molecular weight is 331 g/mol. The van der Waals surface area contributed by atoms with Gasteiger partial charge in [-0.25, -0.2) is 4.68 Å². The van der Waals surface area contributed by atoms with Crippen molar-refractivity contribution in [3.63, 3.8) is 0 Å². The Hall–Kier alpha value is -1.59. The van der Waals surface area contributed by atoms with E-state index in [1.54, 1.807) is 0 Å². The first kappa shape index (κ1) is 17.2. The molecule has 5 heteroatoms. The molecule has 2 saturated heterocycles. The first-order valence-electron chi connectivity index (χ1n) is 9.00. The molecule has 1 aromatic rings. The molecular weight excluding hydrogens is 302 g/mol. The first-order valence-corrected chi connectivity index (χ1v) is 9.00. The zero-order valence-corrected chi connectivity index (χ0v) is 14.8. The van der Waals surface area contributed by atoms with E-state index in [-0.39, 0.29) is 6.10 Å². The standard InChI is InChI=1S/C19H29N3O2/c1-4-14(5-2)13-23-19-10-16(11-20-3)21-22(19)12-18-15-6-8-17(24-18)9-7-15/h4-5,10,15,17-18,20H,1,6-9,11-13H2,2-3H3/b14-5+. The van der Waals surface area contributed by atoms with Gasteiger partial charge < -0.3 is 14.8 Å². The molecule has 3 heterocycles. The van der Waals surface area contributed by atoms with Crippen molar-refractivity contribution in [2.45, 2.75) is 57.9 Å². The van der Waals surface area contributed by atoms with Crippen LogP contribution in [0.25, 0.3) is 0 Å². The number of aromatic nitrogens is 2. The lowest BCUT2D eigenvalue weighted by atomic mass is 9.80. The number of hydrogen-bond donors (Lipinski definition) is 1. The van der Waals surface area contributed by atoms with Gasteiger partial charge in [-0.2, -0.15) is 5.10 Å². The van der Waals surface area contributed by atoms with Crippen molar-refractivity contribution in [1.82, 2.24) is 15.1 Å². The first-order chi connectivity index (χ1) is 11.7. The molecule has 2 bridgehead atoms. The van der Waals surface area contributed by atoms with Crippen molar-refractivity contribution in [2.75, 3.05) is 13.7 Å². The van der Waals surface area contributed by atoms with E-state index in [2.05, 4.69) is 11.9 Å². The lowest BCUT2D eigenvalue weighted by molar-refractivity contribution is -0.131. The Bertz CT molecular complexity index is 585. The lowest BCUT2D eigenvalue weighted by Crippen LogP contribution is -2.43. The number of ether oxygens (including phenoxy) is 2. The summed E-state index contributed by atoms with van der Waals surface area (Å²) in [5.74, 6) is 1.48. The van der Waals surface area contributed by atoms with Gasteiger partial charge in [0.1, 0.15) is 6.61 Å². The van der Waals surface area contributed by atoms with E-state index >= 15 is 0 Å². The highest BCUT2D eigenvalue weighted by Crippen LogP contribution is 2.38. The van der Waals surface area contributed by atoms with Gasteiger partial charge in [0.05, 0.1) is 24.4 Å². The molecule has 3 aliphatic rings. The maximum Gasteiger partial charge on any atom is 0.212 e. The number of rotatable bonds is 8. The van der Waals surface area contributed by atoms with Gasteiger partial charge in [0, 0.05) is 12.6 Å². The summed E-state index contributed by atoms with van der Waals surface area (Å²) in [6.07, 6.45) is 9.58. The van der Waals surface area contributed by atoms with Crippen LogP contribution in [0.3, 0.4) is 0 Å². The minimum absolute atomic E-state index is 0.266. The van der Waals surface area contributed by atoms with Crippen LogP contribution in [0.2, 0.25) is 0 Å². The van der Waals surface area contributed by atoms with Crippen molar-refractivity contribution < 1.29 is 9.47 Å². The summed E-state index contributed by atoms with van der Waals surface area (Å²) in [6.45, 7) is 7.85. The Balaban J connectivity index is 1.71. The maximum atomic E-state index is 6.22. The van der Waals surface area contributed by atoms with Gasteiger partial charge in [0.15, 0.2) is 0 Å². The molecule has 132 valence electrons. The summed E-state index contributed by atoms with van der Waals surface area (Å²) in [7, 11) is 1.93. The molecule has 0 radical (unpaired) electrons. The molecule has 3 fully saturated rings. The van der Waals surface area contributed by atoms with Crippen LogP contribution in [0.5, 0.6) is 5.88 Å². The van der Waals surface area contributed by atoms with Gasteiger partial charge in [0.25, 0.3) is 0 Å². The van der Waals surface area contributed by atoms with Gasteiger partial charge in [-0.05, 0) is 51.1 Å². The summed E-state index contributed by atoms with van der Waals surface area (Å²) in [6, 6.07) is 2.02. The van der Waals surface area contributed by atoms with Crippen LogP contribution in [0, 0.1) is 5.92 Å². The molecule has 1 atom stereocenters. The molecule has 4 rings (SSSR count). The highest BCUT2D eigenvalue weighted by atomic mass is 16.5. The van der Waals surface area contributed by atoms with E-state index < -0.39 is 0 Å². The van der Waals surface area contributed by atoms with Gasteiger partial charge in [-0.1, -0.05) is 18.7 Å². The van der Waals surface area contributed by atoms with Crippen molar-refractivity contribution in [3.05, 3.63) is 36.1 Å². The Morgan fingerprint density at radius 2 is 2.25 bits per heavy atom. The average Bonchev–Trinajstić information content (AvgIpc) is 2.99. The fourth-order valence-electron chi connectivity index (χ4n) is 3.70. The van der Waals surface area contributed by atoms with Crippen LogP contribution in [-0.4, -0.2) is 35.6 Å². The molecule has 1 saturated carbocycles. The highest BCUT2D eigenvalue weighted by Gasteiger charge is 2.37. The molecule has 1 aliphatic carbocycles. The molecule has 5 nitrogen and oxygen atoms in total. The zero-order chi connectivity index (χ0) is 16.9. The largest absolute Gasteiger partial charge is 0.473 e. The Kier molecular flexibility index (Phi) is 5.74. The van der Waals surface area contributed by atoms with E-state index in [1.807, 2.05) is 36.9 Å². The molecule has 0 amide bonds. The van der Waals surface area contributed by atoms with Gasteiger partial charge >= 0.3 is 0 Å². The van der Waals surface area contributed by atoms with Crippen LogP contribution < -0.4 is 10.1 Å². The molecule has 1 aromatic heterocycles. The summed E-state index contributed by atoms with van der Waals surface area (Å²) in [5.41, 5.74) is 2.07. The second-order valence-electron chi connectivity index (χ2n) is 6.75. The van der Waals surface area contributed by atoms with E-state index in [1.165, 1.54) is 25.7 Å². The normalized spacial score (nSPS) is 26.6. The molecule has 0 aromatic carbocycles. The molecule has 0 spiro atoms. The fourth-order valence-corrected chi connectivity index (χ4v) is 3.70. The quantitative estimate of drug-likeness (QED) is 0.744. The van der Waals surface area contributed by atoms with Crippen molar-refractivity contribution >= 4 is 0 Å². The van der Waals surface area contributed by atoms with Gasteiger partial charge in [-0.3, -0.25) is 0 Å². The number of nitrogens with zero attached hydrogens (tertiary/aromatic N) is 2. The Morgan fingerprint density at radius 1 is 1.46 bits per heavy atom. The van der Waals surface area contributed by atoms with Crippen molar-refractivity contribution in [1.29, 1.82) is 0 Å². The molecule has 1 unspecified atom stereocenters. The second kappa shape index (κ2) is 7.99. The van der Waals surface area contributed by atoms with Crippen molar-refractivity contribution in [3.8, 4) is 5.88 Å². The van der Waals surface area contributed by atoms with Gasteiger partial charge in [0.2, 0.25) is 5.88 Å². The predicted octanol–water partition coefficient (Wildman–Crippen LogP) is 3.07. The number of hydrogen-bond acceptors (Lipinski definition) is 4. The van der Waals surface area contributed by atoms with Crippen LogP contribution in [0.1, 0.15) is 38.3 Å². The fraction of sp³-hybridized carbons (Fsp3) is 0.632. The summed E-state index contributed by atoms with van der Waals surface area (Å²) < 4.78 is 14.2. The number of fused-ring (bicyclic) bond motifs is 3. The van der Waals surface area contributed by atoms with E-state index in [9.17, 15) is 0 Å². The second-order valence-corrected chi connectivity index (χ2v) is 6.75. The molecule has 1 N–H and O–H groups in total. The minimum atomic E-state index is 0.266. The number of allylic oxidation sites excluding steroid dienone is 1. The summed E-state index contributed by atoms with van der Waals surface area (Å²) in [5, 5.41) is 7.86. The van der Waals surface area contributed by atoms with Crippen LogP contribution in [0.4, 0.5) is 0 Å². The highest BCUT2D eigenvalue weighted by molar-refractivity contribution is 5.20.